The molecule has 2 aliphatic heterocycles. The van der Waals surface area contributed by atoms with E-state index in [1.165, 1.54) is 4.90 Å². The van der Waals surface area contributed by atoms with E-state index in [1.807, 2.05) is 24.3 Å². The number of imide groups is 1. The highest BCUT2D eigenvalue weighted by Crippen LogP contribution is 2.20. The molecule has 3 amide bonds. The van der Waals surface area contributed by atoms with Gasteiger partial charge in [-0.2, -0.15) is 0 Å². The van der Waals surface area contributed by atoms with Gasteiger partial charge in [0.25, 0.3) is 0 Å². The van der Waals surface area contributed by atoms with Crippen molar-refractivity contribution in [1.29, 1.82) is 0 Å². The number of urea groups is 1. The van der Waals surface area contributed by atoms with E-state index in [9.17, 15) is 9.59 Å². The molecule has 0 bridgehead atoms. The number of aromatic nitrogens is 3. The van der Waals surface area contributed by atoms with Crippen molar-refractivity contribution in [2.45, 2.75) is 45.3 Å². The number of benzene rings is 1. The first-order valence-electron chi connectivity index (χ1n) is 8.86. The first kappa shape index (κ1) is 17.2. The largest absolute Gasteiger partial charge is 0.327 e. The van der Waals surface area contributed by atoms with Crippen LogP contribution in [0.2, 0.25) is 0 Å². The molecule has 3 heterocycles. The fourth-order valence-electron chi connectivity index (χ4n) is 3.48. The van der Waals surface area contributed by atoms with E-state index in [4.69, 9.17) is 0 Å². The second kappa shape index (κ2) is 7.19. The molecule has 7 nitrogen and oxygen atoms in total. The van der Waals surface area contributed by atoms with Crippen LogP contribution in [0.3, 0.4) is 0 Å². The lowest BCUT2D eigenvalue weighted by molar-refractivity contribution is -0.131. The first-order chi connectivity index (χ1) is 12.6. The number of fused-ring (bicyclic) bond motifs is 1. The predicted molar refractivity (Wildman–Crippen MR) is 98.1 cm³/mol. The summed E-state index contributed by atoms with van der Waals surface area (Å²) in [6, 6.07) is 7.61. The van der Waals surface area contributed by atoms with Gasteiger partial charge in [-0.3, -0.25) is 9.69 Å². The maximum absolute atomic E-state index is 12.9. The molecule has 0 radical (unpaired) electrons. The van der Waals surface area contributed by atoms with Crippen LogP contribution in [0, 0.1) is 0 Å². The van der Waals surface area contributed by atoms with Crippen LogP contribution in [0.25, 0.3) is 0 Å². The average Bonchev–Trinajstić information content (AvgIpc) is 3.06. The summed E-state index contributed by atoms with van der Waals surface area (Å²) < 4.78 is 3.05. The van der Waals surface area contributed by atoms with E-state index in [2.05, 4.69) is 30.7 Å². The molecule has 26 heavy (non-hydrogen) atoms. The molecule has 2 aliphatic rings. The maximum Gasteiger partial charge on any atom is 0.327 e. The smallest absolute Gasteiger partial charge is 0.319 e. The van der Waals surface area contributed by atoms with Crippen molar-refractivity contribution in [3.05, 3.63) is 46.0 Å². The van der Waals surface area contributed by atoms with Gasteiger partial charge in [0, 0.05) is 36.9 Å². The van der Waals surface area contributed by atoms with Crippen LogP contribution < -0.4 is 0 Å². The van der Waals surface area contributed by atoms with Crippen LogP contribution in [0.4, 0.5) is 4.79 Å². The number of carbonyl (C=O) groups excluding carboxylic acids is 2. The number of aryl methyl sites for hydroxylation is 1. The van der Waals surface area contributed by atoms with Crippen LogP contribution in [0.1, 0.15) is 36.5 Å². The van der Waals surface area contributed by atoms with Crippen molar-refractivity contribution < 1.29 is 9.59 Å². The number of hydrogen-bond donors (Lipinski definition) is 0. The second-order valence-electron chi connectivity index (χ2n) is 6.70. The molecule has 4 rings (SSSR count). The Labute approximate surface area is 160 Å². The number of hydrogen-bond acceptors (Lipinski definition) is 4. The molecule has 0 spiro atoms. The van der Waals surface area contributed by atoms with Crippen LogP contribution in [-0.2, 0) is 30.8 Å². The summed E-state index contributed by atoms with van der Waals surface area (Å²) >= 11 is 3.41. The Morgan fingerprint density at radius 2 is 1.77 bits per heavy atom. The Bertz CT molecular complexity index is 833. The van der Waals surface area contributed by atoms with Crippen molar-refractivity contribution in [2.75, 3.05) is 6.54 Å². The third-order valence-corrected chi connectivity index (χ3v) is 5.45. The van der Waals surface area contributed by atoms with Gasteiger partial charge in [0.15, 0.2) is 5.82 Å². The zero-order valence-corrected chi connectivity index (χ0v) is 16.0. The second-order valence-corrected chi connectivity index (χ2v) is 7.62. The number of carbonyl (C=O) groups is 2. The van der Waals surface area contributed by atoms with Crippen LogP contribution in [-0.4, -0.2) is 43.0 Å². The number of amides is 3. The highest BCUT2D eigenvalue weighted by atomic mass is 79.9. The SMILES string of the molecule is O=C1CCN(Cc2ccc(Br)cc2)C(=O)N1Cc1nnc2n1CCCC2. The summed E-state index contributed by atoms with van der Waals surface area (Å²) in [5.74, 6) is 1.51. The first-order valence-corrected chi connectivity index (χ1v) is 9.66. The molecule has 0 saturated carbocycles. The molecule has 1 fully saturated rings. The van der Waals surface area contributed by atoms with Gasteiger partial charge in [-0.15, -0.1) is 10.2 Å². The van der Waals surface area contributed by atoms with Gasteiger partial charge in [-0.25, -0.2) is 4.79 Å². The quantitative estimate of drug-likeness (QED) is 0.766. The summed E-state index contributed by atoms with van der Waals surface area (Å²) in [7, 11) is 0. The van der Waals surface area contributed by atoms with Crippen LogP contribution in [0.15, 0.2) is 28.7 Å². The summed E-state index contributed by atoms with van der Waals surface area (Å²) in [6.07, 6.45) is 3.43. The van der Waals surface area contributed by atoms with Crippen LogP contribution in [0.5, 0.6) is 0 Å². The van der Waals surface area contributed by atoms with E-state index < -0.39 is 0 Å². The van der Waals surface area contributed by atoms with Crippen molar-refractivity contribution in [1.82, 2.24) is 24.6 Å². The summed E-state index contributed by atoms with van der Waals surface area (Å²) in [5, 5.41) is 8.44. The Morgan fingerprint density at radius 3 is 2.58 bits per heavy atom. The van der Waals surface area contributed by atoms with E-state index in [-0.39, 0.29) is 18.5 Å². The Balaban J connectivity index is 1.50. The normalized spacial score (nSPS) is 17.6. The fraction of sp³-hybridized carbons (Fsp3) is 0.444. The summed E-state index contributed by atoms with van der Waals surface area (Å²) in [5.41, 5.74) is 1.04. The molecular weight excluding hydrogens is 398 g/mol. The van der Waals surface area contributed by atoms with Crippen molar-refractivity contribution in [2.24, 2.45) is 0 Å². The molecule has 8 heteroatoms. The standard InChI is InChI=1S/C18H20BrN5O2/c19-14-6-4-13(5-7-14)11-22-10-8-17(25)24(18(22)26)12-16-21-20-15-3-1-2-9-23(15)16/h4-7H,1-3,8-12H2. The minimum atomic E-state index is -0.252. The van der Waals surface area contributed by atoms with E-state index >= 15 is 0 Å². The Hall–Kier alpha value is -2.22. The Morgan fingerprint density at radius 1 is 0.962 bits per heavy atom. The highest BCUT2D eigenvalue weighted by Gasteiger charge is 2.33. The fourth-order valence-corrected chi connectivity index (χ4v) is 3.74. The minimum Gasteiger partial charge on any atom is -0.319 e. The molecule has 0 atom stereocenters. The summed E-state index contributed by atoms with van der Waals surface area (Å²) in [6.45, 7) is 1.99. The van der Waals surface area contributed by atoms with Gasteiger partial charge in [0.05, 0.1) is 6.54 Å². The van der Waals surface area contributed by atoms with Gasteiger partial charge >= 0.3 is 6.03 Å². The molecule has 1 aromatic heterocycles. The number of halogens is 1. The predicted octanol–water partition coefficient (Wildman–Crippen LogP) is 2.73. The zero-order chi connectivity index (χ0) is 18.1. The molecule has 1 aromatic carbocycles. The summed E-state index contributed by atoms with van der Waals surface area (Å²) in [4.78, 5) is 28.3. The van der Waals surface area contributed by atoms with E-state index in [0.717, 1.165) is 41.7 Å². The molecule has 0 N–H and O–H groups in total. The lowest BCUT2D eigenvalue weighted by atomic mass is 10.1. The maximum atomic E-state index is 12.9. The van der Waals surface area contributed by atoms with Gasteiger partial charge < -0.3 is 9.47 Å². The molecular formula is C18H20BrN5O2. The lowest BCUT2D eigenvalue weighted by Crippen LogP contribution is -2.51. The molecule has 2 aromatic rings. The average molecular weight is 418 g/mol. The molecule has 0 unspecified atom stereocenters. The Kier molecular flexibility index (Phi) is 4.76. The third-order valence-electron chi connectivity index (χ3n) is 4.92. The zero-order valence-electron chi connectivity index (χ0n) is 14.4. The van der Waals surface area contributed by atoms with Crippen molar-refractivity contribution >= 4 is 27.9 Å². The van der Waals surface area contributed by atoms with E-state index in [0.29, 0.717) is 25.3 Å². The third kappa shape index (κ3) is 3.38. The van der Waals surface area contributed by atoms with Gasteiger partial charge in [0.1, 0.15) is 5.82 Å². The highest BCUT2D eigenvalue weighted by molar-refractivity contribution is 9.10. The van der Waals surface area contributed by atoms with Gasteiger partial charge in [-0.1, -0.05) is 28.1 Å². The van der Waals surface area contributed by atoms with Crippen molar-refractivity contribution in [3.63, 3.8) is 0 Å². The van der Waals surface area contributed by atoms with Gasteiger partial charge in [0.2, 0.25) is 5.91 Å². The molecule has 0 aliphatic carbocycles. The van der Waals surface area contributed by atoms with Crippen LogP contribution >= 0.6 is 15.9 Å². The van der Waals surface area contributed by atoms with E-state index in [1.54, 1.807) is 4.90 Å². The molecule has 1 saturated heterocycles. The van der Waals surface area contributed by atoms with Gasteiger partial charge in [-0.05, 0) is 30.5 Å². The number of nitrogens with zero attached hydrogens (tertiary/aromatic N) is 5. The number of rotatable bonds is 4. The minimum absolute atomic E-state index is 0.143. The van der Waals surface area contributed by atoms with Crippen molar-refractivity contribution in [3.8, 4) is 0 Å². The monoisotopic (exact) mass is 417 g/mol. The molecule has 136 valence electrons. The topological polar surface area (TPSA) is 71.3 Å². The lowest BCUT2D eigenvalue weighted by Gasteiger charge is -2.34.